The topological polar surface area (TPSA) is 58.0 Å². The van der Waals surface area contributed by atoms with Gasteiger partial charge in [-0.25, -0.2) is 4.98 Å². The molecule has 4 nitrogen and oxygen atoms in total. The maximum absolute atomic E-state index is 10.6. The number of phenolic OH excluding ortho intramolecular Hbond substituents is 1. The van der Waals surface area contributed by atoms with E-state index in [2.05, 4.69) is 21.4 Å². The average Bonchev–Trinajstić information content (AvgIpc) is 3.15. The third kappa shape index (κ3) is 2.70. The molecule has 2 N–H and O–H groups in total. The summed E-state index contributed by atoms with van der Waals surface area (Å²) in [5.41, 5.74) is 1.67. The van der Waals surface area contributed by atoms with Crippen LogP contribution < -0.4 is 5.32 Å². The van der Waals surface area contributed by atoms with Gasteiger partial charge in [0, 0.05) is 28.2 Å². The monoisotopic (exact) mass is 333 g/mol. The SMILES string of the molecule is Oc1ccc2ncccc2c1[C@H](Nc1ccccn1)c1cccs1. The Morgan fingerprint density at radius 2 is 1.83 bits per heavy atom. The molecule has 0 radical (unpaired) electrons. The molecule has 0 bridgehead atoms. The highest BCUT2D eigenvalue weighted by Crippen LogP contribution is 2.38. The zero-order chi connectivity index (χ0) is 16.4. The average molecular weight is 333 g/mol. The van der Waals surface area contributed by atoms with E-state index in [1.165, 1.54) is 0 Å². The zero-order valence-electron chi connectivity index (χ0n) is 12.8. The van der Waals surface area contributed by atoms with Crippen molar-refractivity contribution >= 4 is 28.1 Å². The normalized spacial score (nSPS) is 12.2. The molecule has 0 amide bonds. The molecule has 1 atom stereocenters. The maximum atomic E-state index is 10.6. The van der Waals surface area contributed by atoms with Crippen LogP contribution in [0.5, 0.6) is 5.75 Å². The number of phenols is 1. The lowest BCUT2D eigenvalue weighted by Crippen LogP contribution is -2.13. The maximum Gasteiger partial charge on any atom is 0.126 e. The molecule has 0 aliphatic rings. The van der Waals surface area contributed by atoms with Crippen molar-refractivity contribution in [1.29, 1.82) is 0 Å². The van der Waals surface area contributed by atoms with E-state index >= 15 is 0 Å². The highest BCUT2D eigenvalue weighted by Gasteiger charge is 2.22. The van der Waals surface area contributed by atoms with Crippen molar-refractivity contribution in [2.45, 2.75) is 6.04 Å². The minimum atomic E-state index is -0.201. The van der Waals surface area contributed by atoms with E-state index in [4.69, 9.17) is 0 Å². The third-order valence-corrected chi connectivity index (χ3v) is 4.81. The van der Waals surface area contributed by atoms with Gasteiger partial charge in [0.1, 0.15) is 11.6 Å². The van der Waals surface area contributed by atoms with Crippen molar-refractivity contribution in [2.24, 2.45) is 0 Å². The molecule has 5 heteroatoms. The molecule has 4 aromatic rings. The summed E-state index contributed by atoms with van der Waals surface area (Å²) in [6.45, 7) is 0. The molecule has 3 aromatic heterocycles. The minimum absolute atomic E-state index is 0.201. The Bertz CT molecular complexity index is 955. The Kier molecular flexibility index (Phi) is 3.84. The molecule has 4 rings (SSSR count). The predicted molar refractivity (Wildman–Crippen MR) is 97.4 cm³/mol. The van der Waals surface area contributed by atoms with Crippen molar-refractivity contribution < 1.29 is 5.11 Å². The molecule has 24 heavy (non-hydrogen) atoms. The first-order valence-corrected chi connectivity index (χ1v) is 8.48. The van der Waals surface area contributed by atoms with Gasteiger partial charge in [-0.3, -0.25) is 4.98 Å². The summed E-state index contributed by atoms with van der Waals surface area (Å²) in [7, 11) is 0. The van der Waals surface area contributed by atoms with Gasteiger partial charge in [-0.15, -0.1) is 11.3 Å². The van der Waals surface area contributed by atoms with Gasteiger partial charge >= 0.3 is 0 Å². The number of aromatic hydroxyl groups is 1. The van der Waals surface area contributed by atoms with Crippen LogP contribution in [-0.4, -0.2) is 15.1 Å². The predicted octanol–water partition coefficient (Wildman–Crippen LogP) is 4.60. The molecule has 1 aromatic carbocycles. The molecular formula is C19H15N3OS. The first-order valence-electron chi connectivity index (χ1n) is 7.60. The number of benzene rings is 1. The molecule has 0 spiro atoms. The van der Waals surface area contributed by atoms with Gasteiger partial charge < -0.3 is 10.4 Å². The van der Waals surface area contributed by atoms with Gasteiger partial charge in [-0.05, 0) is 41.8 Å². The fourth-order valence-corrected chi connectivity index (χ4v) is 3.59. The van der Waals surface area contributed by atoms with Crippen molar-refractivity contribution in [3.63, 3.8) is 0 Å². The zero-order valence-corrected chi connectivity index (χ0v) is 13.6. The first kappa shape index (κ1) is 14.7. The van der Waals surface area contributed by atoms with Crippen molar-refractivity contribution in [2.75, 3.05) is 5.32 Å². The Balaban J connectivity index is 1.90. The van der Waals surface area contributed by atoms with E-state index in [9.17, 15) is 5.11 Å². The van der Waals surface area contributed by atoms with Crippen LogP contribution >= 0.6 is 11.3 Å². The summed E-state index contributed by atoms with van der Waals surface area (Å²) >= 11 is 1.64. The lowest BCUT2D eigenvalue weighted by molar-refractivity contribution is 0.468. The number of rotatable bonds is 4. The quantitative estimate of drug-likeness (QED) is 0.573. The second-order valence-electron chi connectivity index (χ2n) is 5.38. The van der Waals surface area contributed by atoms with Crippen LogP contribution in [0.4, 0.5) is 5.82 Å². The molecule has 0 fully saturated rings. The fraction of sp³-hybridized carbons (Fsp3) is 0.0526. The molecule has 0 aliphatic heterocycles. The van der Waals surface area contributed by atoms with Crippen LogP contribution in [0.15, 0.2) is 72.4 Å². The van der Waals surface area contributed by atoms with Gasteiger partial charge in [-0.2, -0.15) is 0 Å². The number of fused-ring (bicyclic) bond motifs is 1. The smallest absolute Gasteiger partial charge is 0.126 e. The summed E-state index contributed by atoms with van der Waals surface area (Å²) in [4.78, 5) is 9.87. The molecule has 118 valence electrons. The standard InChI is InChI=1S/C19H15N3OS/c23-15-9-8-14-13(5-3-11-20-14)18(15)19(16-6-4-12-24-16)22-17-7-1-2-10-21-17/h1-12,19,23H,(H,21,22)/t19-/m1/s1. The largest absolute Gasteiger partial charge is 0.508 e. The molecule has 0 aliphatic carbocycles. The number of hydrogen-bond acceptors (Lipinski definition) is 5. The highest BCUT2D eigenvalue weighted by molar-refractivity contribution is 7.10. The Labute approximate surface area is 143 Å². The van der Waals surface area contributed by atoms with E-state index in [-0.39, 0.29) is 11.8 Å². The lowest BCUT2D eigenvalue weighted by Gasteiger charge is -2.21. The molecule has 0 saturated heterocycles. The summed E-state index contributed by atoms with van der Waals surface area (Å²) < 4.78 is 0. The summed E-state index contributed by atoms with van der Waals surface area (Å²) in [6.07, 6.45) is 3.51. The Hall–Kier alpha value is -2.92. The van der Waals surface area contributed by atoms with Crippen LogP contribution in [0, 0.1) is 0 Å². The molecule has 3 heterocycles. The van der Waals surface area contributed by atoms with Crippen molar-refractivity contribution in [3.8, 4) is 5.75 Å². The van der Waals surface area contributed by atoms with E-state index in [0.29, 0.717) is 0 Å². The van der Waals surface area contributed by atoms with E-state index in [1.54, 1.807) is 29.8 Å². The lowest BCUT2D eigenvalue weighted by atomic mass is 9.98. The van der Waals surface area contributed by atoms with Crippen molar-refractivity contribution in [3.05, 3.63) is 82.8 Å². The van der Waals surface area contributed by atoms with Crippen LogP contribution in [0.25, 0.3) is 10.9 Å². The number of nitrogens with one attached hydrogen (secondary N) is 1. The number of thiophene rings is 1. The second kappa shape index (κ2) is 6.29. The summed E-state index contributed by atoms with van der Waals surface area (Å²) in [5, 5.41) is 17.0. The van der Waals surface area contributed by atoms with Crippen LogP contribution in [0.1, 0.15) is 16.5 Å². The van der Waals surface area contributed by atoms with E-state index in [0.717, 1.165) is 27.2 Å². The number of nitrogens with zero attached hydrogens (tertiary/aromatic N) is 2. The number of hydrogen-bond donors (Lipinski definition) is 2. The second-order valence-corrected chi connectivity index (χ2v) is 6.36. The van der Waals surface area contributed by atoms with Gasteiger partial charge in [0.25, 0.3) is 0 Å². The van der Waals surface area contributed by atoms with Crippen LogP contribution in [-0.2, 0) is 0 Å². The summed E-state index contributed by atoms with van der Waals surface area (Å²) in [5.74, 6) is 1.01. The summed E-state index contributed by atoms with van der Waals surface area (Å²) in [6, 6.07) is 17.0. The van der Waals surface area contributed by atoms with Crippen molar-refractivity contribution in [1.82, 2.24) is 9.97 Å². The van der Waals surface area contributed by atoms with Gasteiger partial charge in [-0.1, -0.05) is 18.2 Å². The van der Waals surface area contributed by atoms with Gasteiger partial charge in [0.05, 0.1) is 11.6 Å². The number of aromatic nitrogens is 2. The van der Waals surface area contributed by atoms with E-state index < -0.39 is 0 Å². The molecular weight excluding hydrogens is 318 g/mol. The number of anilines is 1. The molecule has 0 saturated carbocycles. The van der Waals surface area contributed by atoms with Gasteiger partial charge in [0.2, 0.25) is 0 Å². The Morgan fingerprint density at radius 1 is 0.917 bits per heavy atom. The van der Waals surface area contributed by atoms with Crippen LogP contribution in [0.2, 0.25) is 0 Å². The third-order valence-electron chi connectivity index (χ3n) is 3.88. The van der Waals surface area contributed by atoms with E-state index in [1.807, 2.05) is 47.8 Å². The fourth-order valence-electron chi connectivity index (χ4n) is 2.80. The minimum Gasteiger partial charge on any atom is -0.508 e. The van der Waals surface area contributed by atoms with Gasteiger partial charge in [0.15, 0.2) is 0 Å². The van der Waals surface area contributed by atoms with Crippen LogP contribution in [0.3, 0.4) is 0 Å². The Morgan fingerprint density at radius 3 is 2.62 bits per heavy atom. The highest BCUT2D eigenvalue weighted by atomic mass is 32.1. The number of pyridine rings is 2. The first-order chi connectivity index (χ1) is 11.8. The molecule has 0 unspecified atom stereocenters.